The average molecular weight is 200 g/mol. The molecule has 0 aliphatic rings. The molecule has 1 unspecified atom stereocenters. The maximum Gasteiger partial charge on any atom is 0.334 e. The third-order valence-electron chi connectivity index (χ3n) is 1.34. The van der Waals surface area contributed by atoms with E-state index < -0.39 is 24.1 Å². The second-order valence-electron chi connectivity index (χ2n) is 2.60. The van der Waals surface area contributed by atoms with Crippen LogP contribution in [0, 0.1) is 12.3 Å². The van der Waals surface area contributed by atoms with Crippen molar-refractivity contribution in [3.63, 3.8) is 0 Å². The molecule has 0 rings (SSSR count). The topological polar surface area (TPSA) is 98.7 Å². The monoisotopic (exact) mass is 200 g/mol. The van der Waals surface area contributed by atoms with Crippen LogP contribution in [0.25, 0.3) is 0 Å². The van der Waals surface area contributed by atoms with E-state index >= 15 is 0 Å². The molecule has 0 saturated heterocycles. The lowest BCUT2D eigenvalue weighted by Crippen LogP contribution is -2.44. The minimum Gasteiger partial charge on any atom is -0.479 e. The fourth-order valence-corrected chi connectivity index (χ4v) is 0.566. The average Bonchev–Trinajstić information content (AvgIpc) is 2.13. The molecule has 0 spiro atoms. The molecule has 14 heavy (non-hydrogen) atoms. The van der Waals surface area contributed by atoms with Gasteiger partial charge in [0.25, 0.3) is 0 Å². The van der Waals surface area contributed by atoms with E-state index in [-0.39, 0.29) is 6.54 Å². The summed E-state index contributed by atoms with van der Waals surface area (Å²) >= 11 is 0. The molecular formula is C8H12N2O4. The van der Waals surface area contributed by atoms with E-state index in [9.17, 15) is 9.59 Å². The Kier molecular flexibility index (Phi) is 5.10. The molecule has 0 aliphatic heterocycles. The molecule has 78 valence electrons. The normalized spacial score (nSPS) is 13.5. The van der Waals surface area contributed by atoms with Crippen LogP contribution < -0.4 is 10.6 Å². The van der Waals surface area contributed by atoms with Gasteiger partial charge in [-0.1, -0.05) is 5.92 Å². The number of carboxylic acids is 1. The highest BCUT2D eigenvalue weighted by Crippen LogP contribution is 1.81. The number of carboxylic acid groups (broad SMARTS) is 1. The van der Waals surface area contributed by atoms with Gasteiger partial charge < -0.3 is 20.8 Å². The third-order valence-corrected chi connectivity index (χ3v) is 1.34. The zero-order valence-corrected chi connectivity index (χ0v) is 7.65. The van der Waals surface area contributed by atoms with Crippen LogP contribution in [-0.4, -0.2) is 40.9 Å². The lowest BCUT2D eigenvalue weighted by Gasteiger charge is -2.10. The number of hydrogen-bond donors (Lipinski definition) is 4. The van der Waals surface area contributed by atoms with Crippen LogP contribution in [0.5, 0.6) is 0 Å². The summed E-state index contributed by atoms with van der Waals surface area (Å²) in [4.78, 5) is 21.1. The zero-order valence-electron chi connectivity index (χ0n) is 7.65. The molecule has 0 aliphatic carbocycles. The minimum absolute atomic E-state index is 0.363. The number of carbonyl (C=O) groups excluding carboxylic acids is 1. The van der Waals surface area contributed by atoms with Gasteiger partial charge in [0.15, 0.2) is 6.10 Å². The van der Waals surface area contributed by atoms with Crippen LogP contribution in [0.2, 0.25) is 0 Å². The number of aliphatic carboxylic acids is 1. The summed E-state index contributed by atoms with van der Waals surface area (Å²) in [7, 11) is 0. The van der Waals surface area contributed by atoms with Gasteiger partial charge in [0.2, 0.25) is 0 Å². The summed E-state index contributed by atoms with van der Waals surface area (Å²) in [5, 5.41) is 21.5. The van der Waals surface area contributed by atoms with E-state index in [1.165, 1.54) is 0 Å². The SMILES string of the molecule is C#CC(C)NC(=O)NC[C@H](O)C(=O)O. The molecule has 6 nitrogen and oxygen atoms in total. The van der Waals surface area contributed by atoms with Gasteiger partial charge in [0.05, 0.1) is 12.6 Å². The molecule has 0 radical (unpaired) electrons. The molecule has 0 aromatic carbocycles. The Labute approximate surface area is 81.3 Å². The first-order valence-corrected chi connectivity index (χ1v) is 3.88. The molecule has 2 amide bonds. The zero-order chi connectivity index (χ0) is 11.1. The Hall–Kier alpha value is -1.74. The number of terminal acetylenes is 1. The van der Waals surface area contributed by atoms with Crippen molar-refractivity contribution in [3.05, 3.63) is 0 Å². The van der Waals surface area contributed by atoms with Crippen LogP contribution >= 0.6 is 0 Å². The first-order valence-electron chi connectivity index (χ1n) is 3.88. The molecule has 4 N–H and O–H groups in total. The van der Waals surface area contributed by atoms with Gasteiger partial charge in [-0.25, -0.2) is 9.59 Å². The van der Waals surface area contributed by atoms with Crippen molar-refractivity contribution in [1.29, 1.82) is 0 Å². The molecule has 0 bridgehead atoms. The number of aliphatic hydroxyl groups excluding tert-OH is 1. The second kappa shape index (κ2) is 5.83. The molecule has 0 saturated carbocycles. The molecule has 0 aromatic heterocycles. The smallest absolute Gasteiger partial charge is 0.334 e. The second-order valence-corrected chi connectivity index (χ2v) is 2.60. The third kappa shape index (κ3) is 5.00. The standard InChI is InChI=1S/C8H12N2O4/c1-3-5(2)10-8(14)9-4-6(11)7(12)13/h1,5-6,11H,4H2,2H3,(H,12,13)(H2,9,10,14)/t5?,6-/m0/s1. The van der Waals surface area contributed by atoms with E-state index in [0.29, 0.717) is 0 Å². The molecule has 0 heterocycles. The first kappa shape index (κ1) is 12.3. The Bertz CT molecular complexity index is 259. The molecular weight excluding hydrogens is 188 g/mol. The fourth-order valence-electron chi connectivity index (χ4n) is 0.566. The van der Waals surface area contributed by atoms with E-state index in [1.54, 1.807) is 6.92 Å². The van der Waals surface area contributed by atoms with Crippen LogP contribution in [0.15, 0.2) is 0 Å². The minimum atomic E-state index is -1.61. The first-order chi connectivity index (χ1) is 6.47. The highest BCUT2D eigenvalue weighted by Gasteiger charge is 2.14. The Balaban J connectivity index is 3.76. The van der Waals surface area contributed by atoms with Gasteiger partial charge in [-0.3, -0.25) is 0 Å². The van der Waals surface area contributed by atoms with Crippen molar-refractivity contribution in [2.24, 2.45) is 0 Å². The van der Waals surface area contributed by atoms with Crippen LogP contribution in [0.1, 0.15) is 6.92 Å². The molecule has 6 heteroatoms. The Morgan fingerprint density at radius 1 is 1.57 bits per heavy atom. The maximum atomic E-state index is 10.9. The predicted molar refractivity (Wildman–Crippen MR) is 48.5 cm³/mol. The van der Waals surface area contributed by atoms with E-state index in [1.807, 2.05) is 0 Å². The molecule has 0 aromatic rings. The number of hydrogen-bond acceptors (Lipinski definition) is 3. The Morgan fingerprint density at radius 2 is 2.14 bits per heavy atom. The number of amides is 2. The summed E-state index contributed by atoms with van der Waals surface area (Å²) in [6.45, 7) is 1.23. The lowest BCUT2D eigenvalue weighted by atomic mass is 10.3. The van der Waals surface area contributed by atoms with Crippen LogP contribution in [0.4, 0.5) is 4.79 Å². The number of rotatable bonds is 4. The summed E-state index contributed by atoms with van der Waals surface area (Å²) in [6, 6.07) is -1.06. The van der Waals surface area contributed by atoms with E-state index in [4.69, 9.17) is 16.6 Å². The van der Waals surface area contributed by atoms with Crippen molar-refractivity contribution in [1.82, 2.24) is 10.6 Å². The predicted octanol–water partition coefficient (Wildman–Crippen LogP) is -1.25. The number of nitrogens with one attached hydrogen (secondary N) is 2. The summed E-state index contributed by atoms with van der Waals surface area (Å²) in [5.41, 5.74) is 0. The van der Waals surface area contributed by atoms with Crippen molar-refractivity contribution in [3.8, 4) is 12.3 Å². The fraction of sp³-hybridized carbons (Fsp3) is 0.500. The summed E-state index contributed by atoms with van der Waals surface area (Å²) < 4.78 is 0. The quantitative estimate of drug-likeness (QED) is 0.426. The van der Waals surface area contributed by atoms with Crippen molar-refractivity contribution < 1.29 is 19.8 Å². The van der Waals surface area contributed by atoms with Crippen molar-refractivity contribution in [2.75, 3.05) is 6.54 Å². The van der Waals surface area contributed by atoms with Gasteiger partial charge in [-0.15, -0.1) is 6.42 Å². The van der Waals surface area contributed by atoms with Gasteiger partial charge in [0, 0.05) is 0 Å². The Morgan fingerprint density at radius 3 is 2.57 bits per heavy atom. The number of urea groups is 1. The maximum absolute atomic E-state index is 10.9. The summed E-state index contributed by atoms with van der Waals surface area (Å²) in [5.74, 6) is 0.862. The number of aliphatic hydroxyl groups is 1. The van der Waals surface area contributed by atoms with Gasteiger partial charge >= 0.3 is 12.0 Å². The highest BCUT2D eigenvalue weighted by atomic mass is 16.4. The van der Waals surface area contributed by atoms with Crippen LogP contribution in [0.3, 0.4) is 0 Å². The van der Waals surface area contributed by atoms with E-state index in [0.717, 1.165) is 0 Å². The van der Waals surface area contributed by atoms with Gasteiger partial charge in [0.1, 0.15) is 0 Å². The number of carbonyl (C=O) groups is 2. The van der Waals surface area contributed by atoms with Gasteiger partial charge in [-0.2, -0.15) is 0 Å². The van der Waals surface area contributed by atoms with Crippen molar-refractivity contribution >= 4 is 12.0 Å². The molecule has 2 atom stereocenters. The molecule has 0 fully saturated rings. The van der Waals surface area contributed by atoms with Gasteiger partial charge in [-0.05, 0) is 6.92 Å². The highest BCUT2D eigenvalue weighted by molar-refractivity contribution is 5.77. The summed E-state index contributed by atoms with van der Waals surface area (Å²) in [6.07, 6.45) is 3.38. The largest absolute Gasteiger partial charge is 0.479 e. The van der Waals surface area contributed by atoms with E-state index in [2.05, 4.69) is 16.6 Å². The lowest BCUT2D eigenvalue weighted by molar-refractivity contribution is -0.146. The van der Waals surface area contributed by atoms with Crippen molar-refractivity contribution in [2.45, 2.75) is 19.1 Å². The van der Waals surface area contributed by atoms with Crippen LogP contribution in [-0.2, 0) is 4.79 Å².